The Bertz CT molecular complexity index is 835. The number of nitrogens with zero attached hydrogens (tertiary/aromatic N) is 3. The maximum Gasteiger partial charge on any atom is 0.266 e. The van der Waals surface area contributed by atoms with E-state index < -0.39 is 10.0 Å². The molecule has 0 atom stereocenters. The molecule has 0 saturated carbocycles. The van der Waals surface area contributed by atoms with Gasteiger partial charge in [-0.2, -0.15) is 9.40 Å². The third-order valence-corrected chi connectivity index (χ3v) is 6.71. The Kier molecular flexibility index (Phi) is 4.13. The standard InChI is InChI=1S/C13H15N3O4S2/c1-15-12(17)3-2-11(14-15)10-8-13(21-9-10)22(18,19)16-4-6-20-7-5-16/h2-3,8-9H,4-7H2,1H3. The zero-order valence-electron chi connectivity index (χ0n) is 11.9. The molecule has 1 saturated heterocycles. The van der Waals surface area contributed by atoms with E-state index in [0.717, 1.165) is 11.3 Å². The average Bonchev–Trinajstić information content (AvgIpc) is 3.01. The van der Waals surface area contributed by atoms with Crippen LogP contribution in [0.3, 0.4) is 0 Å². The lowest BCUT2D eigenvalue weighted by Crippen LogP contribution is -2.40. The van der Waals surface area contributed by atoms with Gasteiger partial charge in [-0.05, 0) is 12.1 Å². The molecule has 0 unspecified atom stereocenters. The molecule has 1 aliphatic heterocycles. The molecule has 9 heteroatoms. The summed E-state index contributed by atoms with van der Waals surface area (Å²) in [6.45, 7) is 1.57. The van der Waals surface area contributed by atoms with Crippen LogP contribution >= 0.6 is 11.3 Å². The Balaban J connectivity index is 1.92. The average molecular weight is 341 g/mol. The van der Waals surface area contributed by atoms with Crippen molar-refractivity contribution in [2.24, 2.45) is 7.05 Å². The van der Waals surface area contributed by atoms with Crippen LogP contribution in [0.4, 0.5) is 0 Å². The van der Waals surface area contributed by atoms with E-state index in [2.05, 4.69) is 5.10 Å². The van der Waals surface area contributed by atoms with E-state index in [1.54, 1.807) is 24.6 Å². The summed E-state index contributed by atoms with van der Waals surface area (Å²) in [5.41, 5.74) is 1.05. The van der Waals surface area contributed by atoms with Gasteiger partial charge >= 0.3 is 0 Å². The van der Waals surface area contributed by atoms with E-state index in [1.807, 2.05) is 0 Å². The zero-order valence-corrected chi connectivity index (χ0v) is 13.6. The van der Waals surface area contributed by atoms with Gasteiger partial charge in [0.25, 0.3) is 15.6 Å². The Hall–Kier alpha value is -1.55. The van der Waals surface area contributed by atoms with Crippen molar-refractivity contribution in [3.05, 3.63) is 33.9 Å². The van der Waals surface area contributed by atoms with Crippen LogP contribution in [-0.2, 0) is 21.8 Å². The van der Waals surface area contributed by atoms with Crippen LogP contribution in [0.25, 0.3) is 11.3 Å². The van der Waals surface area contributed by atoms with Crippen molar-refractivity contribution in [3.8, 4) is 11.3 Å². The van der Waals surface area contributed by atoms with Crippen molar-refractivity contribution in [2.45, 2.75) is 4.21 Å². The predicted molar refractivity (Wildman–Crippen MR) is 82.4 cm³/mol. The number of hydrogen-bond donors (Lipinski definition) is 0. The van der Waals surface area contributed by atoms with E-state index in [-0.39, 0.29) is 9.77 Å². The normalized spacial score (nSPS) is 16.8. The molecule has 1 fully saturated rings. The number of ether oxygens (including phenoxy) is 1. The summed E-state index contributed by atoms with van der Waals surface area (Å²) in [7, 11) is -1.93. The predicted octanol–water partition coefficient (Wildman–Crippen LogP) is 0.530. The molecule has 2 aromatic heterocycles. The minimum absolute atomic E-state index is 0.208. The lowest BCUT2D eigenvalue weighted by Gasteiger charge is -2.25. The van der Waals surface area contributed by atoms with Gasteiger partial charge in [0.05, 0.1) is 18.9 Å². The number of aromatic nitrogens is 2. The Labute approximate surface area is 131 Å². The van der Waals surface area contributed by atoms with Gasteiger partial charge in [-0.1, -0.05) is 0 Å². The van der Waals surface area contributed by atoms with Gasteiger partial charge in [0.15, 0.2) is 0 Å². The second kappa shape index (κ2) is 5.92. The highest BCUT2D eigenvalue weighted by molar-refractivity contribution is 7.91. The van der Waals surface area contributed by atoms with Crippen LogP contribution in [0.15, 0.2) is 32.6 Å². The van der Waals surface area contributed by atoms with E-state index in [9.17, 15) is 13.2 Å². The van der Waals surface area contributed by atoms with Gasteiger partial charge in [0.1, 0.15) is 4.21 Å². The number of rotatable bonds is 3. The first kappa shape index (κ1) is 15.3. The largest absolute Gasteiger partial charge is 0.379 e. The molecule has 0 radical (unpaired) electrons. The van der Waals surface area contributed by atoms with Crippen LogP contribution in [0, 0.1) is 0 Å². The molecule has 118 valence electrons. The minimum Gasteiger partial charge on any atom is -0.379 e. The third-order valence-electron chi connectivity index (χ3n) is 3.40. The number of morpholine rings is 1. The first-order valence-corrected chi connectivity index (χ1v) is 9.01. The molecule has 3 heterocycles. The molecule has 0 spiro atoms. The van der Waals surface area contributed by atoms with E-state index >= 15 is 0 Å². The first-order chi connectivity index (χ1) is 10.5. The minimum atomic E-state index is -3.49. The first-order valence-electron chi connectivity index (χ1n) is 6.69. The molecule has 0 aliphatic carbocycles. The van der Waals surface area contributed by atoms with Crippen LogP contribution in [-0.4, -0.2) is 48.8 Å². The van der Waals surface area contributed by atoms with Gasteiger partial charge < -0.3 is 4.74 Å². The fourth-order valence-electron chi connectivity index (χ4n) is 2.16. The van der Waals surface area contributed by atoms with Crippen LogP contribution in [0.5, 0.6) is 0 Å². The number of hydrogen-bond acceptors (Lipinski definition) is 6. The fraction of sp³-hybridized carbons (Fsp3) is 0.385. The van der Waals surface area contributed by atoms with Crippen molar-refractivity contribution in [3.63, 3.8) is 0 Å². The van der Waals surface area contributed by atoms with Crippen molar-refractivity contribution in [1.29, 1.82) is 0 Å². The van der Waals surface area contributed by atoms with Crippen molar-refractivity contribution < 1.29 is 13.2 Å². The van der Waals surface area contributed by atoms with E-state index in [4.69, 9.17) is 4.74 Å². The van der Waals surface area contributed by atoms with Crippen molar-refractivity contribution >= 4 is 21.4 Å². The molecule has 0 amide bonds. The lowest BCUT2D eigenvalue weighted by molar-refractivity contribution is 0.0731. The molecule has 0 N–H and O–H groups in total. The molecule has 1 aliphatic rings. The highest BCUT2D eigenvalue weighted by atomic mass is 32.2. The molecule has 3 rings (SSSR count). The lowest BCUT2D eigenvalue weighted by atomic mass is 10.2. The SMILES string of the molecule is Cn1nc(-c2csc(S(=O)(=O)N3CCOCC3)c2)ccc1=O. The van der Waals surface area contributed by atoms with Crippen LogP contribution < -0.4 is 5.56 Å². The number of aryl methyl sites for hydroxylation is 1. The second-order valence-corrected chi connectivity index (χ2v) is 7.93. The summed E-state index contributed by atoms with van der Waals surface area (Å²) in [5, 5.41) is 5.87. The van der Waals surface area contributed by atoms with Crippen LogP contribution in [0.1, 0.15) is 0 Å². The van der Waals surface area contributed by atoms with Gasteiger partial charge in [0.2, 0.25) is 0 Å². The molecular formula is C13H15N3O4S2. The highest BCUT2D eigenvalue weighted by Gasteiger charge is 2.28. The smallest absolute Gasteiger partial charge is 0.266 e. The Morgan fingerprint density at radius 3 is 2.68 bits per heavy atom. The molecule has 7 nitrogen and oxygen atoms in total. The maximum atomic E-state index is 12.6. The summed E-state index contributed by atoms with van der Waals surface area (Å²) in [6.07, 6.45) is 0. The summed E-state index contributed by atoms with van der Waals surface area (Å²) < 4.78 is 33.2. The summed E-state index contributed by atoms with van der Waals surface area (Å²) >= 11 is 1.16. The Morgan fingerprint density at radius 1 is 1.27 bits per heavy atom. The molecule has 2 aromatic rings. The quantitative estimate of drug-likeness (QED) is 0.813. The highest BCUT2D eigenvalue weighted by Crippen LogP contribution is 2.29. The van der Waals surface area contributed by atoms with E-state index in [0.29, 0.717) is 37.6 Å². The topological polar surface area (TPSA) is 81.5 Å². The molecule has 0 bridgehead atoms. The van der Waals surface area contributed by atoms with Gasteiger partial charge in [0, 0.05) is 37.1 Å². The maximum absolute atomic E-state index is 12.6. The summed E-state index contributed by atoms with van der Waals surface area (Å²) in [5.74, 6) is 0. The third kappa shape index (κ3) is 2.84. The van der Waals surface area contributed by atoms with Crippen LogP contribution in [0.2, 0.25) is 0 Å². The Morgan fingerprint density at radius 2 is 2.00 bits per heavy atom. The zero-order chi connectivity index (χ0) is 15.7. The fourth-order valence-corrected chi connectivity index (χ4v) is 4.89. The van der Waals surface area contributed by atoms with Gasteiger partial charge in [-0.3, -0.25) is 4.79 Å². The molecular weight excluding hydrogens is 326 g/mol. The second-order valence-electron chi connectivity index (χ2n) is 4.85. The van der Waals surface area contributed by atoms with Crippen molar-refractivity contribution in [2.75, 3.05) is 26.3 Å². The summed E-state index contributed by atoms with van der Waals surface area (Å²) in [6, 6.07) is 4.61. The summed E-state index contributed by atoms with van der Waals surface area (Å²) in [4.78, 5) is 11.4. The van der Waals surface area contributed by atoms with Crippen molar-refractivity contribution in [1.82, 2.24) is 14.1 Å². The molecule has 22 heavy (non-hydrogen) atoms. The monoisotopic (exact) mass is 341 g/mol. The number of thiophene rings is 1. The van der Waals surface area contributed by atoms with Gasteiger partial charge in [-0.25, -0.2) is 13.1 Å². The molecule has 0 aromatic carbocycles. The van der Waals surface area contributed by atoms with Gasteiger partial charge in [-0.15, -0.1) is 11.3 Å². The van der Waals surface area contributed by atoms with E-state index in [1.165, 1.54) is 15.1 Å². The number of sulfonamides is 1.